The van der Waals surface area contributed by atoms with Crippen LogP contribution in [0.5, 0.6) is 0 Å². The lowest BCUT2D eigenvalue weighted by atomic mass is 10.0. The highest BCUT2D eigenvalue weighted by atomic mass is 127. The van der Waals surface area contributed by atoms with Crippen LogP contribution in [0.1, 0.15) is 37.3 Å². The van der Waals surface area contributed by atoms with Crippen LogP contribution in [0.3, 0.4) is 0 Å². The van der Waals surface area contributed by atoms with E-state index in [4.69, 9.17) is 0 Å². The van der Waals surface area contributed by atoms with Crippen LogP contribution in [-0.4, -0.2) is 19.9 Å². The molecule has 0 bridgehead atoms. The van der Waals surface area contributed by atoms with E-state index < -0.39 is 0 Å². The third kappa shape index (κ3) is 2.09. The maximum Gasteiger partial charge on any atom is 0.264 e. The summed E-state index contributed by atoms with van der Waals surface area (Å²) in [6.07, 6.45) is 8.09. The number of hydrogen-bond acceptors (Lipinski definition) is 3. The Morgan fingerprint density at radius 2 is 2.06 bits per heavy atom. The molecule has 0 amide bonds. The zero-order valence-corrected chi connectivity index (χ0v) is 11.9. The monoisotopic (exact) mass is 356 g/mol. The minimum absolute atomic E-state index is 0.0705. The number of aromatic nitrogens is 4. The van der Waals surface area contributed by atoms with Crippen LogP contribution in [0, 0.1) is 3.57 Å². The van der Waals surface area contributed by atoms with E-state index in [1.165, 1.54) is 12.8 Å². The van der Waals surface area contributed by atoms with Gasteiger partial charge in [-0.3, -0.25) is 4.79 Å². The van der Waals surface area contributed by atoms with Gasteiger partial charge < -0.3 is 9.97 Å². The maximum atomic E-state index is 12.0. The topological polar surface area (TPSA) is 74.4 Å². The molecule has 3 rings (SSSR count). The van der Waals surface area contributed by atoms with Gasteiger partial charge in [-0.2, -0.15) is 0 Å². The SMILES string of the molecule is O=c1[nH]c(-c2ncc[nH]2)nc(C2CCCC2)c1I. The van der Waals surface area contributed by atoms with Crippen molar-refractivity contribution in [3.8, 4) is 11.6 Å². The fraction of sp³-hybridized carbons (Fsp3) is 0.417. The van der Waals surface area contributed by atoms with E-state index in [0.717, 1.165) is 22.1 Å². The summed E-state index contributed by atoms with van der Waals surface area (Å²) in [5.74, 6) is 1.57. The average Bonchev–Trinajstić information content (AvgIpc) is 3.03. The van der Waals surface area contributed by atoms with Crippen LogP contribution in [-0.2, 0) is 0 Å². The molecule has 1 saturated carbocycles. The van der Waals surface area contributed by atoms with Gasteiger partial charge in [-0.05, 0) is 35.4 Å². The Hall–Kier alpha value is -1.18. The second-order valence-corrected chi connectivity index (χ2v) is 5.61. The van der Waals surface area contributed by atoms with Crippen molar-refractivity contribution in [2.45, 2.75) is 31.6 Å². The average molecular weight is 356 g/mol. The molecule has 1 fully saturated rings. The van der Waals surface area contributed by atoms with Crippen LogP contribution in [0.4, 0.5) is 0 Å². The van der Waals surface area contributed by atoms with E-state index in [2.05, 4.69) is 42.5 Å². The Morgan fingerprint density at radius 1 is 1.28 bits per heavy atom. The lowest BCUT2D eigenvalue weighted by molar-refractivity contribution is 0.687. The Bertz CT molecular complexity index is 599. The molecular weight excluding hydrogens is 343 g/mol. The van der Waals surface area contributed by atoms with E-state index >= 15 is 0 Å². The first-order valence-corrected chi connectivity index (χ1v) is 7.13. The summed E-state index contributed by atoms with van der Waals surface area (Å²) in [6, 6.07) is 0. The van der Waals surface area contributed by atoms with Gasteiger partial charge in [0.05, 0.1) is 5.69 Å². The van der Waals surface area contributed by atoms with Crippen molar-refractivity contribution in [3.63, 3.8) is 0 Å². The summed E-state index contributed by atoms with van der Waals surface area (Å²) in [4.78, 5) is 26.4. The van der Waals surface area contributed by atoms with Gasteiger partial charge >= 0.3 is 0 Å². The number of nitrogens with one attached hydrogen (secondary N) is 2. The molecule has 6 heteroatoms. The summed E-state index contributed by atoms with van der Waals surface area (Å²) in [5, 5.41) is 0. The molecule has 2 aromatic rings. The molecule has 2 N–H and O–H groups in total. The summed E-state index contributed by atoms with van der Waals surface area (Å²) < 4.78 is 0.717. The van der Waals surface area contributed by atoms with Gasteiger partial charge in [-0.25, -0.2) is 9.97 Å². The first-order valence-electron chi connectivity index (χ1n) is 6.05. The molecule has 0 aromatic carbocycles. The molecule has 18 heavy (non-hydrogen) atoms. The Kier molecular flexibility index (Phi) is 3.19. The summed E-state index contributed by atoms with van der Waals surface area (Å²) in [7, 11) is 0. The Balaban J connectivity index is 2.10. The van der Waals surface area contributed by atoms with Gasteiger partial charge in [0, 0.05) is 18.3 Å². The van der Waals surface area contributed by atoms with Gasteiger partial charge in [0.15, 0.2) is 11.6 Å². The van der Waals surface area contributed by atoms with Crippen LogP contribution >= 0.6 is 22.6 Å². The van der Waals surface area contributed by atoms with Crippen molar-refractivity contribution in [1.29, 1.82) is 0 Å². The first kappa shape index (κ1) is 11.9. The normalized spacial score (nSPS) is 16.3. The Labute approximate surface area is 118 Å². The largest absolute Gasteiger partial charge is 0.342 e. The summed E-state index contributed by atoms with van der Waals surface area (Å²) >= 11 is 2.09. The van der Waals surface area contributed by atoms with Crippen molar-refractivity contribution in [2.75, 3.05) is 0 Å². The molecule has 2 heterocycles. The fourth-order valence-corrected chi connectivity index (χ4v) is 3.15. The number of H-pyrrole nitrogens is 2. The molecule has 5 nitrogen and oxygen atoms in total. The quantitative estimate of drug-likeness (QED) is 0.812. The molecule has 1 aliphatic carbocycles. The van der Waals surface area contributed by atoms with Crippen molar-refractivity contribution in [3.05, 3.63) is 32.0 Å². The van der Waals surface area contributed by atoms with Gasteiger partial charge in [-0.1, -0.05) is 12.8 Å². The van der Waals surface area contributed by atoms with Crippen molar-refractivity contribution in [2.24, 2.45) is 0 Å². The molecule has 0 atom stereocenters. The highest BCUT2D eigenvalue weighted by molar-refractivity contribution is 14.1. The minimum Gasteiger partial charge on any atom is -0.342 e. The van der Waals surface area contributed by atoms with Gasteiger partial charge in [-0.15, -0.1) is 0 Å². The zero-order chi connectivity index (χ0) is 12.5. The van der Waals surface area contributed by atoms with Crippen molar-refractivity contribution >= 4 is 22.6 Å². The number of imidazole rings is 1. The lowest BCUT2D eigenvalue weighted by Gasteiger charge is -2.11. The maximum absolute atomic E-state index is 12.0. The van der Waals surface area contributed by atoms with Crippen LogP contribution < -0.4 is 5.56 Å². The van der Waals surface area contributed by atoms with E-state index in [0.29, 0.717) is 17.6 Å². The molecule has 2 aromatic heterocycles. The van der Waals surface area contributed by atoms with Crippen LogP contribution in [0.2, 0.25) is 0 Å². The van der Waals surface area contributed by atoms with Crippen molar-refractivity contribution < 1.29 is 0 Å². The molecule has 0 saturated heterocycles. The second kappa shape index (κ2) is 4.83. The van der Waals surface area contributed by atoms with Gasteiger partial charge in [0.25, 0.3) is 5.56 Å². The number of aromatic amines is 2. The summed E-state index contributed by atoms with van der Waals surface area (Å²) in [6.45, 7) is 0. The highest BCUT2D eigenvalue weighted by Gasteiger charge is 2.23. The number of hydrogen-bond donors (Lipinski definition) is 2. The van der Waals surface area contributed by atoms with Gasteiger partial charge in [0.1, 0.15) is 3.57 Å². The molecular formula is C12H13IN4O. The number of halogens is 1. The number of nitrogens with zero attached hydrogens (tertiary/aromatic N) is 2. The smallest absolute Gasteiger partial charge is 0.264 e. The number of rotatable bonds is 2. The first-order chi connectivity index (χ1) is 8.75. The Morgan fingerprint density at radius 3 is 2.72 bits per heavy atom. The standard InChI is InChI=1S/C12H13IN4O/c13-8-9(7-3-1-2-4-7)16-11(17-12(8)18)10-14-5-6-15-10/h5-7H,1-4H2,(H,14,15)(H,16,17,18). The molecule has 94 valence electrons. The van der Waals surface area contributed by atoms with E-state index in [1.807, 2.05) is 0 Å². The lowest BCUT2D eigenvalue weighted by Crippen LogP contribution is -2.18. The third-order valence-electron chi connectivity index (χ3n) is 3.35. The predicted octanol–water partition coefficient (Wildman–Crippen LogP) is 2.42. The summed E-state index contributed by atoms with van der Waals surface area (Å²) in [5.41, 5.74) is 0.863. The second-order valence-electron chi connectivity index (χ2n) is 4.53. The molecule has 0 aliphatic heterocycles. The predicted molar refractivity (Wildman–Crippen MR) is 76.4 cm³/mol. The van der Waals surface area contributed by atoms with Crippen molar-refractivity contribution in [1.82, 2.24) is 19.9 Å². The molecule has 0 unspecified atom stereocenters. The molecule has 0 radical (unpaired) electrons. The highest BCUT2D eigenvalue weighted by Crippen LogP contribution is 2.34. The van der Waals surface area contributed by atoms with Gasteiger partial charge in [0.2, 0.25) is 0 Å². The van der Waals surface area contributed by atoms with E-state index in [1.54, 1.807) is 12.4 Å². The van der Waals surface area contributed by atoms with Crippen LogP contribution in [0.25, 0.3) is 11.6 Å². The van der Waals surface area contributed by atoms with E-state index in [-0.39, 0.29) is 5.56 Å². The fourth-order valence-electron chi connectivity index (χ4n) is 2.45. The third-order valence-corrected chi connectivity index (χ3v) is 4.40. The minimum atomic E-state index is -0.0705. The van der Waals surface area contributed by atoms with Crippen LogP contribution in [0.15, 0.2) is 17.2 Å². The molecule has 1 aliphatic rings. The van der Waals surface area contributed by atoms with E-state index in [9.17, 15) is 4.79 Å². The zero-order valence-electron chi connectivity index (χ0n) is 9.74. The molecule has 0 spiro atoms.